The quantitative estimate of drug-likeness (QED) is 0.473. The van der Waals surface area contributed by atoms with Gasteiger partial charge >= 0.3 is 0 Å². The van der Waals surface area contributed by atoms with E-state index in [0.717, 1.165) is 25.7 Å². The maximum atomic E-state index is 12.4. The fourth-order valence-corrected chi connectivity index (χ4v) is 4.54. The van der Waals surface area contributed by atoms with Gasteiger partial charge in [-0.3, -0.25) is 19.3 Å². The van der Waals surface area contributed by atoms with E-state index in [4.69, 9.17) is 0 Å². The van der Waals surface area contributed by atoms with Crippen molar-refractivity contribution in [2.45, 2.75) is 6.42 Å². The molecule has 5 rings (SSSR count). The molecule has 0 fully saturated rings. The van der Waals surface area contributed by atoms with Crippen LogP contribution in [0.25, 0.3) is 20.8 Å². The molecule has 0 spiro atoms. The van der Waals surface area contributed by atoms with E-state index < -0.39 is 0 Å². The van der Waals surface area contributed by atoms with Gasteiger partial charge in [-0.15, -0.1) is 11.3 Å². The van der Waals surface area contributed by atoms with E-state index in [-0.39, 0.29) is 30.7 Å². The van der Waals surface area contributed by atoms with Gasteiger partial charge in [0.25, 0.3) is 11.8 Å². The summed E-state index contributed by atoms with van der Waals surface area (Å²) >= 11 is 1.62. The van der Waals surface area contributed by atoms with Crippen molar-refractivity contribution < 1.29 is 14.4 Å². The molecule has 0 aliphatic carbocycles. The Morgan fingerprint density at radius 2 is 1.52 bits per heavy atom. The number of carbonyl (C=O) groups excluding carboxylic acids is 3. The second-order valence-electron chi connectivity index (χ2n) is 7.17. The van der Waals surface area contributed by atoms with Crippen LogP contribution >= 0.6 is 11.3 Å². The molecular formula is C24H17N3O3S. The largest absolute Gasteiger partial charge is 0.326 e. The number of anilines is 1. The first-order valence-electron chi connectivity index (χ1n) is 9.81. The lowest BCUT2D eigenvalue weighted by atomic mass is 10.1. The van der Waals surface area contributed by atoms with Crippen molar-refractivity contribution in [3.05, 3.63) is 83.9 Å². The summed E-state index contributed by atoms with van der Waals surface area (Å²) < 4.78 is 1.13. The minimum absolute atomic E-state index is 0.0328. The highest BCUT2D eigenvalue weighted by molar-refractivity contribution is 7.21. The van der Waals surface area contributed by atoms with Crippen molar-refractivity contribution >= 4 is 45.0 Å². The molecule has 1 aromatic heterocycles. The molecule has 152 valence electrons. The smallest absolute Gasteiger partial charge is 0.261 e. The maximum absolute atomic E-state index is 12.4. The SMILES string of the molecule is O=C(CCN1C(=O)c2ccccc2C1=O)Nc1ccc(-c2nc3ccccc3s2)cc1. The molecule has 0 unspecified atom stereocenters. The summed E-state index contributed by atoms with van der Waals surface area (Å²) in [5.74, 6) is -0.966. The average Bonchev–Trinajstić information content (AvgIpc) is 3.33. The molecule has 1 N–H and O–H groups in total. The Balaban J connectivity index is 1.21. The minimum Gasteiger partial charge on any atom is -0.326 e. The number of nitrogens with one attached hydrogen (secondary N) is 1. The van der Waals surface area contributed by atoms with Gasteiger partial charge in [-0.2, -0.15) is 0 Å². The van der Waals surface area contributed by atoms with Crippen molar-refractivity contribution in [2.24, 2.45) is 0 Å². The molecule has 0 saturated heterocycles. The summed E-state index contributed by atoms with van der Waals surface area (Å²) in [6.07, 6.45) is 0.0328. The number of nitrogens with zero attached hydrogens (tertiary/aromatic N) is 2. The second-order valence-corrected chi connectivity index (χ2v) is 8.20. The number of benzene rings is 3. The van der Waals surface area contributed by atoms with Gasteiger partial charge in [-0.1, -0.05) is 24.3 Å². The van der Waals surface area contributed by atoms with Crippen LogP contribution in [0.1, 0.15) is 27.1 Å². The highest BCUT2D eigenvalue weighted by atomic mass is 32.1. The van der Waals surface area contributed by atoms with E-state index in [1.54, 1.807) is 35.6 Å². The normalized spacial score (nSPS) is 13.0. The van der Waals surface area contributed by atoms with Crippen molar-refractivity contribution in [3.63, 3.8) is 0 Å². The van der Waals surface area contributed by atoms with E-state index in [1.165, 1.54) is 0 Å². The molecular weight excluding hydrogens is 410 g/mol. The number of thiazole rings is 1. The Labute approximate surface area is 182 Å². The lowest BCUT2D eigenvalue weighted by Gasteiger charge is -2.13. The summed E-state index contributed by atoms with van der Waals surface area (Å²) in [6.45, 7) is 0.0436. The van der Waals surface area contributed by atoms with Gasteiger partial charge in [0.2, 0.25) is 5.91 Å². The van der Waals surface area contributed by atoms with Crippen LogP contribution in [-0.4, -0.2) is 34.2 Å². The van der Waals surface area contributed by atoms with Crippen molar-refractivity contribution in [3.8, 4) is 10.6 Å². The Hall–Kier alpha value is -3.84. The number of hydrogen-bond donors (Lipinski definition) is 1. The monoisotopic (exact) mass is 427 g/mol. The summed E-state index contributed by atoms with van der Waals surface area (Å²) in [7, 11) is 0. The van der Waals surface area contributed by atoms with E-state index in [2.05, 4.69) is 10.3 Å². The number of para-hydroxylation sites is 1. The molecule has 3 aromatic carbocycles. The molecule has 31 heavy (non-hydrogen) atoms. The predicted octanol–water partition coefficient (Wildman–Crippen LogP) is 4.59. The highest BCUT2D eigenvalue weighted by Crippen LogP contribution is 2.30. The van der Waals surface area contributed by atoms with Gasteiger partial charge in [0.15, 0.2) is 0 Å². The third kappa shape index (κ3) is 3.60. The standard InChI is InChI=1S/C24H17N3O3S/c28-21(13-14-27-23(29)17-5-1-2-6-18(17)24(27)30)25-16-11-9-15(10-12-16)22-26-19-7-3-4-8-20(19)31-22/h1-12H,13-14H2,(H,25,28). The van der Waals surface area contributed by atoms with Gasteiger partial charge < -0.3 is 5.32 Å². The van der Waals surface area contributed by atoms with Crippen molar-refractivity contribution in [1.82, 2.24) is 9.88 Å². The Morgan fingerprint density at radius 3 is 2.19 bits per heavy atom. The van der Waals surface area contributed by atoms with Crippen LogP contribution in [0.15, 0.2) is 72.8 Å². The minimum atomic E-state index is -0.353. The van der Waals surface area contributed by atoms with Crippen LogP contribution in [0.4, 0.5) is 5.69 Å². The molecule has 1 aliphatic heterocycles. The first kappa shape index (κ1) is 19.1. The zero-order valence-corrected chi connectivity index (χ0v) is 17.2. The zero-order chi connectivity index (χ0) is 21.4. The van der Waals surface area contributed by atoms with E-state index in [9.17, 15) is 14.4 Å². The predicted molar refractivity (Wildman–Crippen MR) is 120 cm³/mol. The first-order valence-corrected chi connectivity index (χ1v) is 10.6. The number of amides is 3. The molecule has 2 heterocycles. The highest BCUT2D eigenvalue weighted by Gasteiger charge is 2.34. The van der Waals surface area contributed by atoms with E-state index >= 15 is 0 Å². The summed E-state index contributed by atoms with van der Waals surface area (Å²) in [5, 5.41) is 3.74. The molecule has 0 bridgehead atoms. The third-order valence-electron chi connectivity index (χ3n) is 5.15. The molecule has 0 radical (unpaired) electrons. The molecule has 4 aromatic rings. The molecule has 6 nitrogen and oxygen atoms in total. The third-order valence-corrected chi connectivity index (χ3v) is 6.24. The number of aromatic nitrogens is 1. The molecule has 1 aliphatic rings. The first-order chi connectivity index (χ1) is 15.1. The number of fused-ring (bicyclic) bond motifs is 2. The van der Waals surface area contributed by atoms with Crippen LogP contribution in [0, 0.1) is 0 Å². The topological polar surface area (TPSA) is 79.4 Å². The summed E-state index contributed by atoms with van der Waals surface area (Å²) in [5.41, 5.74) is 3.37. The molecule has 0 saturated carbocycles. The Morgan fingerprint density at radius 1 is 0.871 bits per heavy atom. The second kappa shape index (κ2) is 7.77. The van der Waals surface area contributed by atoms with Crippen LogP contribution in [0.3, 0.4) is 0 Å². The van der Waals surface area contributed by atoms with E-state index in [0.29, 0.717) is 16.8 Å². The number of imide groups is 1. The Kier molecular flexibility index (Phi) is 4.80. The van der Waals surface area contributed by atoms with Crippen molar-refractivity contribution in [2.75, 3.05) is 11.9 Å². The van der Waals surface area contributed by atoms with Gasteiger partial charge in [-0.25, -0.2) is 4.98 Å². The number of rotatable bonds is 5. The van der Waals surface area contributed by atoms with Gasteiger partial charge in [0.1, 0.15) is 5.01 Å². The lowest BCUT2D eigenvalue weighted by molar-refractivity contribution is -0.116. The molecule has 3 amide bonds. The average molecular weight is 427 g/mol. The van der Waals surface area contributed by atoms with Gasteiger partial charge in [0.05, 0.1) is 21.3 Å². The zero-order valence-electron chi connectivity index (χ0n) is 16.4. The summed E-state index contributed by atoms with van der Waals surface area (Å²) in [6, 6.07) is 22.1. The Bertz CT molecular complexity index is 1260. The van der Waals surface area contributed by atoms with Crippen LogP contribution in [-0.2, 0) is 4.79 Å². The van der Waals surface area contributed by atoms with Crippen LogP contribution < -0.4 is 5.32 Å². The van der Waals surface area contributed by atoms with Gasteiger partial charge in [0, 0.05) is 24.2 Å². The molecule has 7 heteroatoms. The fourth-order valence-electron chi connectivity index (χ4n) is 3.57. The lowest BCUT2D eigenvalue weighted by Crippen LogP contribution is -2.32. The number of carbonyl (C=O) groups is 3. The maximum Gasteiger partial charge on any atom is 0.261 e. The van der Waals surface area contributed by atoms with Crippen molar-refractivity contribution in [1.29, 1.82) is 0 Å². The van der Waals surface area contributed by atoms with Gasteiger partial charge in [-0.05, 0) is 48.5 Å². The van der Waals surface area contributed by atoms with Crippen LogP contribution in [0.5, 0.6) is 0 Å². The fraction of sp³-hybridized carbons (Fsp3) is 0.0833. The van der Waals surface area contributed by atoms with E-state index in [1.807, 2.05) is 48.5 Å². The number of hydrogen-bond acceptors (Lipinski definition) is 5. The summed E-state index contributed by atoms with van der Waals surface area (Å²) in [4.78, 5) is 42.9. The molecule has 0 atom stereocenters. The van der Waals surface area contributed by atoms with Crippen LogP contribution in [0.2, 0.25) is 0 Å².